The van der Waals surface area contributed by atoms with Crippen LogP contribution in [-0.2, 0) is 12.6 Å². The number of rotatable bonds is 3. The van der Waals surface area contributed by atoms with Crippen LogP contribution in [0.1, 0.15) is 35.3 Å². The maximum absolute atomic E-state index is 13.0. The fraction of sp³-hybridized carbons (Fsp3) is 0.312. The Hall–Kier alpha value is -2.10. The van der Waals surface area contributed by atoms with Crippen LogP contribution in [-0.4, -0.2) is 10.5 Å². The Morgan fingerprint density at radius 3 is 2.45 bits per heavy atom. The third-order valence-electron chi connectivity index (χ3n) is 4.13. The maximum Gasteiger partial charge on any atom is 0.268 e. The zero-order chi connectivity index (χ0) is 14.2. The monoisotopic (exact) mass is 272 g/mol. The second-order valence-electron chi connectivity index (χ2n) is 5.40. The van der Waals surface area contributed by atoms with Crippen molar-refractivity contribution in [1.29, 1.82) is 0 Å². The molecule has 0 radical (unpaired) electrons. The normalized spacial score (nSPS) is 16.5. The Morgan fingerprint density at radius 1 is 1.25 bits per heavy atom. The van der Waals surface area contributed by atoms with E-state index in [1.807, 2.05) is 19.3 Å². The first-order valence-corrected chi connectivity index (χ1v) is 6.81. The number of halogens is 1. The van der Waals surface area contributed by atoms with Gasteiger partial charge in [-0.2, -0.15) is 0 Å². The Labute approximate surface area is 117 Å². The first kappa shape index (κ1) is 12.9. The van der Waals surface area contributed by atoms with Crippen molar-refractivity contribution in [3.63, 3.8) is 0 Å². The molecule has 1 N–H and O–H groups in total. The summed E-state index contributed by atoms with van der Waals surface area (Å²) in [6.07, 6.45) is 4.72. The predicted molar refractivity (Wildman–Crippen MR) is 74.8 cm³/mol. The van der Waals surface area contributed by atoms with Gasteiger partial charge >= 0.3 is 0 Å². The van der Waals surface area contributed by atoms with Gasteiger partial charge in [0.2, 0.25) is 0 Å². The summed E-state index contributed by atoms with van der Waals surface area (Å²) < 4.78 is 14.8. The maximum atomic E-state index is 13.0. The fourth-order valence-corrected chi connectivity index (χ4v) is 2.76. The van der Waals surface area contributed by atoms with E-state index in [-0.39, 0.29) is 17.3 Å². The van der Waals surface area contributed by atoms with Crippen molar-refractivity contribution in [2.75, 3.05) is 0 Å². The molecule has 2 aromatic rings. The number of carbonyl (C=O) groups excluding carboxylic acids is 1. The second kappa shape index (κ2) is 4.78. The van der Waals surface area contributed by atoms with Gasteiger partial charge in [-0.15, -0.1) is 0 Å². The number of carbonyl (C=O) groups is 1. The van der Waals surface area contributed by atoms with Crippen LogP contribution in [0.3, 0.4) is 0 Å². The molecule has 4 heteroatoms. The molecular formula is C16H17FN2O. The third-order valence-corrected chi connectivity index (χ3v) is 4.13. The van der Waals surface area contributed by atoms with Crippen LogP contribution in [0.2, 0.25) is 0 Å². The predicted octanol–water partition coefficient (Wildman–Crippen LogP) is 2.97. The Balaban J connectivity index is 1.85. The van der Waals surface area contributed by atoms with Crippen molar-refractivity contribution < 1.29 is 9.18 Å². The lowest BCUT2D eigenvalue weighted by molar-refractivity contribution is 0.0815. The van der Waals surface area contributed by atoms with Crippen LogP contribution < -0.4 is 5.32 Å². The van der Waals surface area contributed by atoms with Gasteiger partial charge in [-0.3, -0.25) is 4.79 Å². The van der Waals surface area contributed by atoms with Gasteiger partial charge in [0, 0.05) is 13.2 Å². The van der Waals surface area contributed by atoms with E-state index in [9.17, 15) is 9.18 Å². The van der Waals surface area contributed by atoms with Crippen LogP contribution in [0.5, 0.6) is 0 Å². The van der Waals surface area contributed by atoms with E-state index in [2.05, 4.69) is 5.32 Å². The largest absolute Gasteiger partial charge is 0.347 e. The van der Waals surface area contributed by atoms with Crippen molar-refractivity contribution in [2.24, 2.45) is 7.05 Å². The molecule has 104 valence electrons. The molecule has 1 saturated carbocycles. The molecule has 1 aromatic carbocycles. The standard InChI is InChI=1S/C16H17FN2O/c1-19-11-2-4-14(19)15(20)18-16(9-3-10-16)12-5-7-13(17)8-6-12/h2,4-8,11H,3,9-10H2,1H3,(H,18,20). The lowest BCUT2D eigenvalue weighted by Gasteiger charge is -2.43. The number of hydrogen-bond donors (Lipinski definition) is 1. The highest BCUT2D eigenvalue weighted by Crippen LogP contribution is 2.41. The summed E-state index contributed by atoms with van der Waals surface area (Å²) in [5, 5.41) is 3.13. The van der Waals surface area contributed by atoms with Gasteiger partial charge in [-0.25, -0.2) is 4.39 Å². The molecule has 0 unspecified atom stereocenters. The molecule has 0 saturated heterocycles. The average molecular weight is 272 g/mol. The summed E-state index contributed by atoms with van der Waals surface area (Å²) in [4.78, 5) is 12.4. The quantitative estimate of drug-likeness (QED) is 0.915. The number of nitrogens with one attached hydrogen (secondary N) is 1. The highest BCUT2D eigenvalue weighted by atomic mass is 19.1. The molecule has 3 rings (SSSR count). The number of benzene rings is 1. The molecule has 3 nitrogen and oxygen atoms in total. The van der Waals surface area contributed by atoms with E-state index in [1.165, 1.54) is 12.1 Å². The lowest BCUT2D eigenvalue weighted by Crippen LogP contribution is -2.51. The van der Waals surface area contributed by atoms with Gasteiger partial charge in [-0.05, 0) is 49.1 Å². The Bertz CT molecular complexity index is 626. The number of hydrogen-bond acceptors (Lipinski definition) is 1. The van der Waals surface area contributed by atoms with E-state index >= 15 is 0 Å². The van der Waals surface area contributed by atoms with E-state index < -0.39 is 0 Å². The van der Waals surface area contributed by atoms with Crippen LogP contribution in [0.15, 0.2) is 42.6 Å². The Kier molecular flexibility index (Phi) is 3.08. The second-order valence-corrected chi connectivity index (χ2v) is 5.40. The number of amides is 1. The smallest absolute Gasteiger partial charge is 0.268 e. The number of nitrogens with zero attached hydrogens (tertiary/aromatic N) is 1. The van der Waals surface area contributed by atoms with Gasteiger partial charge < -0.3 is 9.88 Å². The first-order chi connectivity index (χ1) is 9.61. The van der Waals surface area contributed by atoms with Crippen LogP contribution in [0.25, 0.3) is 0 Å². The van der Waals surface area contributed by atoms with E-state index in [1.54, 1.807) is 22.8 Å². The van der Waals surface area contributed by atoms with Gasteiger partial charge in [0.1, 0.15) is 11.5 Å². The van der Waals surface area contributed by atoms with Gasteiger partial charge in [0.15, 0.2) is 0 Å². The molecule has 1 aliphatic rings. The summed E-state index contributed by atoms with van der Waals surface area (Å²) in [6, 6.07) is 10.1. The van der Waals surface area contributed by atoms with Crippen molar-refractivity contribution >= 4 is 5.91 Å². The minimum atomic E-state index is -0.338. The van der Waals surface area contributed by atoms with Gasteiger partial charge in [0.05, 0.1) is 5.54 Å². The first-order valence-electron chi connectivity index (χ1n) is 6.81. The molecule has 1 aromatic heterocycles. The van der Waals surface area contributed by atoms with Crippen molar-refractivity contribution in [1.82, 2.24) is 9.88 Å². The summed E-state index contributed by atoms with van der Waals surface area (Å²) in [7, 11) is 1.85. The highest BCUT2D eigenvalue weighted by Gasteiger charge is 2.40. The topological polar surface area (TPSA) is 34.0 Å². The molecule has 1 heterocycles. The molecule has 1 amide bonds. The molecule has 1 aliphatic carbocycles. The van der Waals surface area contributed by atoms with Crippen LogP contribution >= 0.6 is 0 Å². The number of aromatic nitrogens is 1. The Morgan fingerprint density at radius 2 is 1.95 bits per heavy atom. The molecule has 0 aliphatic heterocycles. The lowest BCUT2D eigenvalue weighted by atomic mass is 9.71. The fourth-order valence-electron chi connectivity index (χ4n) is 2.76. The average Bonchev–Trinajstić information content (AvgIpc) is 2.81. The molecule has 1 fully saturated rings. The summed E-state index contributed by atoms with van der Waals surface area (Å²) in [5.74, 6) is -0.335. The minimum absolute atomic E-state index is 0.0819. The third kappa shape index (κ3) is 2.11. The molecule has 20 heavy (non-hydrogen) atoms. The number of aryl methyl sites for hydroxylation is 1. The zero-order valence-corrected chi connectivity index (χ0v) is 11.4. The van der Waals surface area contributed by atoms with Crippen molar-refractivity contribution in [2.45, 2.75) is 24.8 Å². The zero-order valence-electron chi connectivity index (χ0n) is 11.4. The van der Waals surface area contributed by atoms with Crippen LogP contribution in [0.4, 0.5) is 4.39 Å². The molecule has 0 spiro atoms. The van der Waals surface area contributed by atoms with Crippen molar-refractivity contribution in [3.8, 4) is 0 Å². The van der Waals surface area contributed by atoms with Gasteiger partial charge in [-0.1, -0.05) is 12.1 Å². The summed E-state index contributed by atoms with van der Waals surface area (Å²) in [6.45, 7) is 0. The highest BCUT2D eigenvalue weighted by molar-refractivity contribution is 5.93. The van der Waals surface area contributed by atoms with E-state index in [0.29, 0.717) is 5.69 Å². The van der Waals surface area contributed by atoms with E-state index in [0.717, 1.165) is 24.8 Å². The van der Waals surface area contributed by atoms with Crippen LogP contribution in [0, 0.1) is 5.82 Å². The summed E-state index contributed by atoms with van der Waals surface area (Å²) in [5.41, 5.74) is 1.28. The molecular weight excluding hydrogens is 255 g/mol. The summed E-state index contributed by atoms with van der Waals surface area (Å²) >= 11 is 0. The van der Waals surface area contributed by atoms with Crippen molar-refractivity contribution in [3.05, 3.63) is 59.7 Å². The molecule has 0 atom stereocenters. The minimum Gasteiger partial charge on any atom is -0.347 e. The molecule has 0 bridgehead atoms. The SMILES string of the molecule is Cn1cccc1C(=O)NC1(c2ccc(F)cc2)CCC1. The van der Waals surface area contributed by atoms with E-state index in [4.69, 9.17) is 0 Å². The van der Waals surface area contributed by atoms with Gasteiger partial charge in [0.25, 0.3) is 5.91 Å².